The van der Waals surface area contributed by atoms with Crippen LogP contribution in [0.2, 0.25) is 0 Å². The van der Waals surface area contributed by atoms with E-state index in [1.165, 1.54) is 0 Å². The highest BCUT2D eigenvalue weighted by molar-refractivity contribution is 7.80. The maximum Gasteiger partial charge on any atom is 0.123 e. The number of hydrogen-bond donors (Lipinski definition) is 12. The third kappa shape index (κ3) is 42.3. The Kier molecular flexibility index (Phi) is 45.9. The van der Waals surface area contributed by atoms with Gasteiger partial charge in [0.2, 0.25) is 0 Å². The van der Waals surface area contributed by atoms with E-state index in [2.05, 4.69) is 129 Å². The van der Waals surface area contributed by atoms with E-state index in [0.717, 1.165) is 160 Å². The topological polar surface area (TPSA) is 357 Å². The number of nitrogens with zero attached hydrogens (tertiary/aromatic N) is 14. The van der Waals surface area contributed by atoms with Crippen LogP contribution in [0.5, 0.6) is 0 Å². The summed E-state index contributed by atoms with van der Waals surface area (Å²) in [6.45, 7) is 14.4. The number of pyridine rings is 14. The molecule has 27 heteroatoms. The van der Waals surface area contributed by atoms with E-state index in [-0.39, 0.29) is 13.2 Å². The van der Waals surface area contributed by atoms with E-state index in [0.29, 0.717) is 62.3 Å². The fourth-order valence-corrected chi connectivity index (χ4v) is 11.3. The van der Waals surface area contributed by atoms with Crippen molar-refractivity contribution in [2.24, 2.45) is 0 Å². The zero-order valence-corrected chi connectivity index (χ0v) is 71.1. The lowest BCUT2D eigenvalue weighted by atomic mass is 10.2. The Balaban J connectivity index is 0.000000174. The molecule has 15 aromatic rings. The number of nitrogen functional groups attached to an aromatic ring is 2. The van der Waals surface area contributed by atoms with Crippen LogP contribution in [0, 0.1) is 13.8 Å². The zero-order chi connectivity index (χ0) is 85.8. The highest BCUT2D eigenvalue weighted by atomic mass is 32.1. The number of hydrogen-bond acceptors (Lipinski definition) is 26. The molecule has 0 bridgehead atoms. The minimum Gasteiger partial charge on any atom is -0.390 e. The van der Waals surface area contributed by atoms with Crippen molar-refractivity contribution in [3.63, 3.8) is 0 Å². The third-order valence-corrected chi connectivity index (χ3v) is 18.0. The molecular formula is C95H110N23O2PS. The average molecular weight is 1670 g/mol. The van der Waals surface area contributed by atoms with Crippen LogP contribution in [-0.4, -0.2) is 86.5 Å². The molecule has 1 unspecified atom stereocenters. The molecule has 0 radical (unpaired) electrons. The van der Waals surface area contributed by atoms with Crippen molar-refractivity contribution in [1.82, 2.24) is 107 Å². The number of nitrogens with one attached hydrogen (secondary N) is 7. The van der Waals surface area contributed by atoms with Crippen molar-refractivity contribution in [3.05, 3.63) is 431 Å². The number of thiol groups is 1. The number of aryl methyl sites for hydroxylation is 2. The first-order valence-corrected chi connectivity index (χ1v) is 41.0. The maximum absolute atomic E-state index is 8.97. The zero-order valence-electron chi connectivity index (χ0n) is 69.0. The van der Waals surface area contributed by atoms with Gasteiger partial charge in [-0.3, -0.25) is 59.8 Å². The van der Waals surface area contributed by atoms with Gasteiger partial charge in [0.25, 0.3) is 0 Å². The fraction of sp³-hybridized carbons (Fsp3) is 0.200. The molecule has 13 N–H and O–H groups in total. The van der Waals surface area contributed by atoms with Crippen LogP contribution in [0.15, 0.2) is 334 Å². The molecule has 0 amide bonds. The minimum absolute atomic E-state index is 0.0198. The summed E-state index contributed by atoms with van der Waals surface area (Å²) >= 11 is 4.18. The molecule has 14 aromatic heterocycles. The van der Waals surface area contributed by atoms with Crippen molar-refractivity contribution in [2.75, 3.05) is 18.0 Å². The molecule has 628 valence electrons. The first kappa shape index (κ1) is 94.8. The Bertz CT molecular complexity index is 4720. The molecule has 0 fully saturated rings. The summed E-state index contributed by atoms with van der Waals surface area (Å²) in [6, 6.07) is 89.8. The number of anilines is 2. The fourth-order valence-electron chi connectivity index (χ4n) is 10.9. The van der Waals surface area contributed by atoms with E-state index in [4.69, 9.17) is 21.7 Å². The van der Waals surface area contributed by atoms with E-state index < -0.39 is 0 Å². The van der Waals surface area contributed by atoms with Crippen LogP contribution < -0.4 is 54.0 Å². The lowest BCUT2D eigenvalue weighted by Gasteiger charge is -2.05. The highest BCUT2D eigenvalue weighted by Crippen LogP contribution is 2.09. The second kappa shape index (κ2) is 59.1. The molecule has 0 spiro atoms. The predicted octanol–water partition coefficient (Wildman–Crippen LogP) is 12.6. The van der Waals surface area contributed by atoms with Gasteiger partial charge in [-0.1, -0.05) is 103 Å². The van der Waals surface area contributed by atoms with Crippen LogP contribution in [0.4, 0.5) is 11.6 Å². The van der Waals surface area contributed by atoms with Crippen LogP contribution in [0.1, 0.15) is 102 Å². The SMILES string of the molecule is Cc1cccc(CNCc2ccccn2)n1.Cc1cccc(CNCc2ccccn2)n1.Nc1cccc(CNCc2ccccn2)n1.Nc1cccc(CNCc2ccccn2)n1.OCc1cccc(CNCc2ccccn2)n1.OCc1cccc(CNCc2ccccn2)n1.Pc1ccccc1S.c1ccc(CCNCc2ccccn2)nc1. The number of aliphatic hydroxyl groups excluding tert-OH is 2. The van der Waals surface area contributed by atoms with E-state index in [1.54, 1.807) is 36.9 Å². The van der Waals surface area contributed by atoms with Crippen LogP contribution in [0.25, 0.3) is 0 Å². The highest BCUT2D eigenvalue weighted by Gasteiger charge is 2.05. The van der Waals surface area contributed by atoms with Crippen molar-refractivity contribution < 1.29 is 10.2 Å². The molecule has 14 heterocycles. The van der Waals surface area contributed by atoms with Gasteiger partial charge in [0.1, 0.15) is 11.6 Å². The normalized spacial score (nSPS) is 10.2. The van der Waals surface area contributed by atoms with Crippen molar-refractivity contribution in [2.45, 2.75) is 123 Å². The van der Waals surface area contributed by atoms with Gasteiger partial charge in [-0.25, -0.2) is 9.97 Å². The molecule has 0 aliphatic heterocycles. The lowest BCUT2D eigenvalue weighted by Crippen LogP contribution is -2.17. The van der Waals surface area contributed by atoms with Crippen molar-refractivity contribution in [1.29, 1.82) is 0 Å². The van der Waals surface area contributed by atoms with E-state index in [9.17, 15) is 0 Å². The standard InChI is InChI=1S/2C13H15N3O.3C13H15N3.2C12H14N4.C6H7PS/c2*17-10-13-6-3-5-12(16-13)9-14-8-11-4-1-2-7-15-11;2*1-11-5-4-7-13(16-11)10-14-9-12-6-2-3-8-15-12;1-3-8-15-12(5-1)7-10-14-11-13-6-2-4-9-16-13;2*13-12-6-3-5-11(16-12)9-14-8-10-4-1-2-7-15-10;7-5-3-1-2-4-6(5)8/h2*1-7,14,17H,8-10H2;2*2-8,14H,9-10H2,1H3;1-6,8-9,14H,7,10-11H2;2*1-7,14H,8-9H2,(H2,13,16);1-4,8H,7H2. The summed E-state index contributed by atoms with van der Waals surface area (Å²) in [5.74, 6) is 1.11. The molecule has 0 saturated heterocycles. The van der Waals surface area contributed by atoms with Crippen LogP contribution in [-0.2, 0) is 105 Å². The summed E-state index contributed by atoms with van der Waals surface area (Å²) in [5, 5.41) is 42.1. The Morgan fingerprint density at radius 2 is 0.467 bits per heavy atom. The quantitative estimate of drug-likeness (QED) is 0.0109. The monoisotopic (exact) mass is 1670 g/mol. The first-order valence-electron chi connectivity index (χ1n) is 40.0. The Hall–Kier alpha value is -12.7. The van der Waals surface area contributed by atoms with Crippen molar-refractivity contribution >= 4 is 38.8 Å². The Labute approximate surface area is 724 Å². The van der Waals surface area contributed by atoms with Gasteiger partial charge in [-0.05, 0) is 195 Å². The largest absolute Gasteiger partial charge is 0.390 e. The Morgan fingerprint density at radius 3 is 0.713 bits per heavy atom. The molecule has 122 heavy (non-hydrogen) atoms. The van der Waals surface area contributed by atoms with Gasteiger partial charge in [0.15, 0.2) is 0 Å². The summed E-state index contributed by atoms with van der Waals surface area (Å²) in [5.41, 5.74) is 28.9. The summed E-state index contributed by atoms with van der Waals surface area (Å²) in [7, 11) is 2.61. The third-order valence-electron chi connectivity index (χ3n) is 16.9. The summed E-state index contributed by atoms with van der Waals surface area (Å²) in [4.78, 5) is 60.7. The van der Waals surface area contributed by atoms with Gasteiger partial charge < -0.3 is 58.9 Å². The molecular weight excluding hydrogens is 1560 g/mol. The molecule has 0 saturated carbocycles. The summed E-state index contributed by atoms with van der Waals surface area (Å²) < 4.78 is 0. The van der Waals surface area contributed by atoms with Gasteiger partial charge in [-0.15, -0.1) is 21.9 Å². The van der Waals surface area contributed by atoms with Gasteiger partial charge in [0.05, 0.1) is 98.6 Å². The predicted molar refractivity (Wildman–Crippen MR) is 491 cm³/mol. The van der Waals surface area contributed by atoms with E-state index >= 15 is 0 Å². The smallest absolute Gasteiger partial charge is 0.123 e. The average Bonchev–Trinajstić information content (AvgIpc) is 0.917. The van der Waals surface area contributed by atoms with Crippen molar-refractivity contribution in [3.8, 4) is 0 Å². The molecule has 15 rings (SSSR count). The number of aromatic nitrogens is 14. The lowest BCUT2D eigenvalue weighted by molar-refractivity contribution is 0.276. The van der Waals surface area contributed by atoms with Crippen LogP contribution in [0.3, 0.4) is 0 Å². The Morgan fingerprint density at radius 1 is 0.246 bits per heavy atom. The van der Waals surface area contributed by atoms with Crippen LogP contribution >= 0.6 is 21.9 Å². The minimum atomic E-state index is -0.0198. The number of nitrogens with two attached hydrogens (primary N) is 2. The molecule has 1 aromatic carbocycles. The van der Waals surface area contributed by atoms with E-state index in [1.807, 2.05) is 306 Å². The van der Waals surface area contributed by atoms with Gasteiger partial charge in [0, 0.05) is 170 Å². The maximum atomic E-state index is 8.97. The number of benzene rings is 1. The summed E-state index contributed by atoms with van der Waals surface area (Å²) in [6.07, 6.45) is 15.3. The molecule has 0 aliphatic carbocycles. The number of aliphatic hydroxyl groups is 2. The second-order valence-corrected chi connectivity index (χ2v) is 28.0. The van der Waals surface area contributed by atoms with Gasteiger partial charge in [-0.2, -0.15) is 0 Å². The molecule has 25 nitrogen and oxygen atoms in total. The molecule has 1 atom stereocenters. The molecule has 0 aliphatic rings. The first-order chi connectivity index (χ1) is 59.9. The second-order valence-electron chi connectivity index (χ2n) is 26.9. The number of rotatable bonds is 31. The van der Waals surface area contributed by atoms with Gasteiger partial charge >= 0.3 is 0 Å².